The molecule has 1 atom stereocenters. The lowest BCUT2D eigenvalue weighted by Gasteiger charge is -2.36. The third kappa shape index (κ3) is 3.70. The van der Waals surface area contributed by atoms with Crippen LogP contribution >= 0.6 is 11.6 Å². The molecule has 0 spiro atoms. The van der Waals surface area contributed by atoms with Crippen molar-refractivity contribution in [2.75, 3.05) is 44.3 Å². The van der Waals surface area contributed by atoms with E-state index in [0.29, 0.717) is 17.4 Å². The predicted molar refractivity (Wildman–Crippen MR) is 86.2 cm³/mol. The van der Waals surface area contributed by atoms with Gasteiger partial charge in [-0.15, -0.1) is 0 Å². The molecule has 5 nitrogen and oxygen atoms in total. The molecule has 22 heavy (non-hydrogen) atoms. The number of hydrogen-bond donors (Lipinski definition) is 0. The van der Waals surface area contributed by atoms with E-state index < -0.39 is 0 Å². The molecule has 3 rings (SSSR count). The lowest BCUT2D eigenvalue weighted by molar-refractivity contribution is -0.133. The van der Waals surface area contributed by atoms with E-state index in [0.717, 1.165) is 58.1 Å². The van der Waals surface area contributed by atoms with Crippen molar-refractivity contribution in [2.24, 2.45) is 5.92 Å². The van der Waals surface area contributed by atoms with Gasteiger partial charge in [-0.3, -0.25) is 4.79 Å². The predicted octanol–water partition coefficient (Wildman–Crippen LogP) is 2.20. The van der Waals surface area contributed by atoms with Gasteiger partial charge < -0.3 is 14.5 Å². The van der Waals surface area contributed by atoms with Gasteiger partial charge in [0.05, 0.1) is 5.02 Å². The van der Waals surface area contributed by atoms with Crippen molar-refractivity contribution in [3.8, 4) is 0 Å². The number of rotatable bonds is 3. The molecule has 2 aliphatic rings. The molecule has 1 aromatic heterocycles. The minimum Gasteiger partial charge on any atom is -0.381 e. The Morgan fingerprint density at radius 2 is 2.18 bits per heavy atom. The summed E-state index contributed by atoms with van der Waals surface area (Å²) in [5.41, 5.74) is 0. The van der Waals surface area contributed by atoms with Crippen LogP contribution in [0.5, 0.6) is 0 Å². The van der Waals surface area contributed by atoms with Gasteiger partial charge in [0.2, 0.25) is 5.91 Å². The number of halogens is 1. The number of anilines is 1. The summed E-state index contributed by atoms with van der Waals surface area (Å²) in [6.07, 6.45) is 4.55. The third-order valence-electron chi connectivity index (χ3n) is 4.39. The number of pyridine rings is 1. The average molecular weight is 324 g/mol. The second kappa shape index (κ2) is 7.29. The van der Waals surface area contributed by atoms with Crippen LogP contribution in [0.2, 0.25) is 5.02 Å². The number of carbonyl (C=O) groups is 1. The number of ether oxygens (including phenoxy) is 1. The van der Waals surface area contributed by atoms with Crippen molar-refractivity contribution >= 4 is 23.3 Å². The first kappa shape index (κ1) is 15.6. The van der Waals surface area contributed by atoms with E-state index in [1.165, 1.54) is 0 Å². The highest BCUT2D eigenvalue weighted by Gasteiger charge is 2.25. The molecule has 2 saturated heterocycles. The van der Waals surface area contributed by atoms with Crippen LogP contribution in [0.1, 0.15) is 19.3 Å². The number of piperazine rings is 1. The zero-order valence-electron chi connectivity index (χ0n) is 12.7. The second-order valence-electron chi connectivity index (χ2n) is 5.96. The van der Waals surface area contributed by atoms with E-state index in [1.54, 1.807) is 6.20 Å². The van der Waals surface area contributed by atoms with Crippen molar-refractivity contribution in [1.82, 2.24) is 9.88 Å². The maximum atomic E-state index is 12.4. The number of amides is 1. The average Bonchev–Trinajstić information content (AvgIpc) is 2.56. The van der Waals surface area contributed by atoms with Crippen LogP contribution in [0.3, 0.4) is 0 Å². The Morgan fingerprint density at radius 1 is 1.36 bits per heavy atom. The van der Waals surface area contributed by atoms with Gasteiger partial charge >= 0.3 is 0 Å². The van der Waals surface area contributed by atoms with Crippen LogP contribution in [0.4, 0.5) is 5.82 Å². The molecule has 0 unspecified atom stereocenters. The summed E-state index contributed by atoms with van der Waals surface area (Å²) in [4.78, 5) is 20.8. The molecular weight excluding hydrogens is 302 g/mol. The molecule has 0 radical (unpaired) electrons. The fourth-order valence-electron chi connectivity index (χ4n) is 3.12. The van der Waals surface area contributed by atoms with E-state index in [1.807, 2.05) is 17.0 Å². The van der Waals surface area contributed by atoms with Crippen LogP contribution in [0, 0.1) is 5.92 Å². The van der Waals surface area contributed by atoms with Crippen LogP contribution in [-0.2, 0) is 9.53 Å². The van der Waals surface area contributed by atoms with Crippen LogP contribution in [0.15, 0.2) is 18.3 Å². The quantitative estimate of drug-likeness (QED) is 0.855. The van der Waals surface area contributed by atoms with Gasteiger partial charge in [0.15, 0.2) is 0 Å². The molecule has 0 N–H and O–H groups in total. The molecular formula is C16H22ClN3O2. The topological polar surface area (TPSA) is 45.7 Å². The highest BCUT2D eigenvalue weighted by atomic mass is 35.5. The van der Waals surface area contributed by atoms with Crippen molar-refractivity contribution in [3.05, 3.63) is 23.4 Å². The number of carbonyl (C=O) groups excluding carboxylic acids is 1. The lowest BCUT2D eigenvalue weighted by atomic mass is 9.98. The summed E-state index contributed by atoms with van der Waals surface area (Å²) in [6, 6.07) is 3.68. The van der Waals surface area contributed by atoms with Crippen LogP contribution < -0.4 is 4.90 Å². The Labute approximate surface area is 136 Å². The van der Waals surface area contributed by atoms with Crippen LogP contribution in [-0.4, -0.2) is 55.2 Å². The van der Waals surface area contributed by atoms with Gasteiger partial charge in [-0.2, -0.15) is 0 Å². The minimum absolute atomic E-state index is 0.252. The number of aromatic nitrogens is 1. The molecule has 1 aromatic rings. The van der Waals surface area contributed by atoms with Crippen molar-refractivity contribution in [3.63, 3.8) is 0 Å². The molecule has 1 amide bonds. The van der Waals surface area contributed by atoms with Crippen molar-refractivity contribution in [1.29, 1.82) is 0 Å². The molecule has 6 heteroatoms. The summed E-state index contributed by atoms with van der Waals surface area (Å²) >= 11 is 6.19. The normalized spacial score (nSPS) is 22.7. The van der Waals surface area contributed by atoms with E-state index in [9.17, 15) is 4.79 Å². The van der Waals surface area contributed by atoms with Crippen molar-refractivity contribution < 1.29 is 9.53 Å². The highest BCUT2D eigenvalue weighted by Crippen LogP contribution is 2.24. The number of nitrogens with zero attached hydrogens (tertiary/aromatic N) is 3. The molecule has 120 valence electrons. The molecule has 0 bridgehead atoms. The zero-order valence-corrected chi connectivity index (χ0v) is 13.5. The first-order valence-corrected chi connectivity index (χ1v) is 8.33. The first-order valence-electron chi connectivity index (χ1n) is 7.95. The summed E-state index contributed by atoms with van der Waals surface area (Å²) in [5, 5.41) is 0.668. The molecule has 0 saturated carbocycles. The first-order chi connectivity index (χ1) is 10.7. The second-order valence-corrected chi connectivity index (χ2v) is 6.37. The van der Waals surface area contributed by atoms with Gasteiger partial charge in [0.1, 0.15) is 5.82 Å². The van der Waals surface area contributed by atoms with E-state index in [-0.39, 0.29) is 5.91 Å². The van der Waals surface area contributed by atoms with Gasteiger partial charge in [-0.1, -0.05) is 11.6 Å². The van der Waals surface area contributed by atoms with Gasteiger partial charge in [0.25, 0.3) is 0 Å². The standard InChI is InChI=1S/C16H22ClN3O2/c17-14-4-1-5-18-16(14)20-8-6-19(7-9-20)15(21)11-13-3-2-10-22-12-13/h1,4-5,13H,2-3,6-12H2/t13-/m0/s1. The summed E-state index contributed by atoms with van der Waals surface area (Å²) in [5.74, 6) is 1.46. The lowest BCUT2D eigenvalue weighted by Crippen LogP contribution is -2.49. The number of hydrogen-bond acceptors (Lipinski definition) is 4. The molecule has 2 fully saturated rings. The summed E-state index contributed by atoms with van der Waals surface area (Å²) in [6.45, 7) is 4.61. The van der Waals surface area contributed by atoms with Gasteiger partial charge in [-0.25, -0.2) is 4.98 Å². The largest absolute Gasteiger partial charge is 0.381 e. The molecule has 0 aromatic carbocycles. The monoisotopic (exact) mass is 323 g/mol. The summed E-state index contributed by atoms with van der Waals surface area (Å²) < 4.78 is 5.46. The van der Waals surface area contributed by atoms with E-state index in [2.05, 4.69) is 9.88 Å². The van der Waals surface area contributed by atoms with Gasteiger partial charge in [0, 0.05) is 52.0 Å². The van der Waals surface area contributed by atoms with Crippen molar-refractivity contribution in [2.45, 2.75) is 19.3 Å². The summed E-state index contributed by atoms with van der Waals surface area (Å²) in [7, 11) is 0. The Morgan fingerprint density at radius 3 is 2.86 bits per heavy atom. The molecule has 2 aliphatic heterocycles. The van der Waals surface area contributed by atoms with E-state index in [4.69, 9.17) is 16.3 Å². The maximum absolute atomic E-state index is 12.4. The Bertz CT molecular complexity index is 512. The Balaban J connectivity index is 1.51. The fraction of sp³-hybridized carbons (Fsp3) is 0.625. The third-order valence-corrected chi connectivity index (χ3v) is 4.68. The molecule has 3 heterocycles. The van der Waals surface area contributed by atoms with E-state index >= 15 is 0 Å². The maximum Gasteiger partial charge on any atom is 0.223 e. The Hall–Kier alpha value is -1.33. The van der Waals surface area contributed by atoms with Crippen LogP contribution in [0.25, 0.3) is 0 Å². The minimum atomic E-state index is 0.252. The zero-order chi connectivity index (χ0) is 15.4. The Kier molecular flexibility index (Phi) is 5.16. The molecule has 0 aliphatic carbocycles. The highest BCUT2D eigenvalue weighted by molar-refractivity contribution is 6.32. The SMILES string of the molecule is O=C(C[C@@H]1CCCOC1)N1CCN(c2ncccc2Cl)CC1. The van der Waals surface area contributed by atoms with Gasteiger partial charge in [-0.05, 0) is 30.9 Å². The fourth-order valence-corrected chi connectivity index (χ4v) is 3.36. The smallest absolute Gasteiger partial charge is 0.223 e.